The van der Waals surface area contributed by atoms with Crippen LogP contribution in [0.25, 0.3) is 11.2 Å². The van der Waals surface area contributed by atoms with Gasteiger partial charge in [-0.3, -0.25) is 4.57 Å². The number of hydrogen-bond acceptors (Lipinski definition) is 8. The van der Waals surface area contributed by atoms with Crippen LogP contribution in [0.1, 0.15) is 31.9 Å². The molecule has 25 heavy (non-hydrogen) atoms. The average Bonchev–Trinajstić information content (AvgIpc) is 3.30. The predicted molar refractivity (Wildman–Crippen MR) is 92.3 cm³/mol. The van der Waals surface area contributed by atoms with Gasteiger partial charge in [-0.1, -0.05) is 15.9 Å². The van der Waals surface area contributed by atoms with E-state index in [0.29, 0.717) is 16.5 Å². The van der Waals surface area contributed by atoms with Crippen LogP contribution >= 0.6 is 15.9 Å². The van der Waals surface area contributed by atoms with Crippen LogP contribution in [0.2, 0.25) is 0 Å². The number of aromatic nitrogens is 4. The maximum atomic E-state index is 10.3. The molecule has 4 rings (SSSR count). The Kier molecular flexibility index (Phi) is 4.52. The third kappa shape index (κ3) is 2.97. The number of alkyl halides is 1. The fourth-order valence-electron chi connectivity index (χ4n) is 3.40. The van der Waals surface area contributed by atoms with Gasteiger partial charge in [-0.05, 0) is 25.7 Å². The molecule has 0 bridgehead atoms. The number of aliphatic hydroxyl groups excluding tert-OH is 2. The molecule has 0 radical (unpaired) electrons. The first-order valence-corrected chi connectivity index (χ1v) is 9.45. The minimum atomic E-state index is -1.10. The largest absolute Gasteiger partial charge is 0.460 e. The van der Waals surface area contributed by atoms with Gasteiger partial charge in [0.05, 0.1) is 12.4 Å². The Morgan fingerprint density at radius 3 is 2.72 bits per heavy atom. The van der Waals surface area contributed by atoms with Crippen LogP contribution in [0.15, 0.2) is 6.33 Å². The minimum Gasteiger partial charge on any atom is -0.460 e. The first-order chi connectivity index (χ1) is 12.1. The summed E-state index contributed by atoms with van der Waals surface area (Å²) in [6.07, 6.45) is 2.36. The van der Waals surface area contributed by atoms with Gasteiger partial charge in [0.15, 0.2) is 23.2 Å². The third-order valence-corrected chi connectivity index (χ3v) is 5.40. The number of rotatable bonds is 4. The van der Waals surface area contributed by atoms with Crippen molar-refractivity contribution in [1.29, 1.82) is 0 Å². The number of ether oxygens (including phenoxy) is 2. The molecule has 0 unspecified atom stereocenters. The molecule has 2 aliphatic rings. The van der Waals surface area contributed by atoms with E-state index in [1.54, 1.807) is 4.57 Å². The maximum Gasteiger partial charge on any atom is 0.320 e. The smallest absolute Gasteiger partial charge is 0.320 e. The molecule has 1 aliphatic heterocycles. The van der Waals surface area contributed by atoms with Gasteiger partial charge in [-0.15, -0.1) is 0 Å². The van der Waals surface area contributed by atoms with E-state index >= 15 is 0 Å². The number of imidazole rings is 1. The van der Waals surface area contributed by atoms with Crippen LogP contribution in [0, 0.1) is 0 Å². The fourth-order valence-corrected chi connectivity index (χ4v) is 3.93. The zero-order valence-corrected chi connectivity index (χ0v) is 15.0. The fraction of sp³-hybridized carbons (Fsp3) is 0.667. The van der Waals surface area contributed by atoms with Gasteiger partial charge in [0, 0.05) is 5.33 Å². The predicted octanol–water partition coefficient (Wildman–Crippen LogP) is 0.744. The van der Waals surface area contributed by atoms with Crippen molar-refractivity contribution >= 4 is 32.9 Å². The van der Waals surface area contributed by atoms with Crippen molar-refractivity contribution in [2.24, 2.45) is 0 Å². The second kappa shape index (κ2) is 6.67. The number of aliphatic hydroxyl groups is 2. The van der Waals surface area contributed by atoms with Crippen molar-refractivity contribution < 1.29 is 19.7 Å². The molecule has 4 atom stereocenters. The van der Waals surface area contributed by atoms with E-state index < -0.39 is 24.5 Å². The molecule has 10 heteroatoms. The summed E-state index contributed by atoms with van der Waals surface area (Å²) in [5.41, 5.74) is 6.81. The summed E-state index contributed by atoms with van der Waals surface area (Å²) < 4.78 is 13.1. The Labute approximate surface area is 152 Å². The van der Waals surface area contributed by atoms with Gasteiger partial charge >= 0.3 is 6.01 Å². The summed E-state index contributed by atoms with van der Waals surface area (Å²) in [5.74, 6) is 0.210. The molecule has 0 amide bonds. The number of nitrogens with two attached hydrogens (primary N) is 1. The molecular weight excluding hydrogens is 394 g/mol. The van der Waals surface area contributed by atoms with Crippen LogP contribution in [0.4, 0.5) is 5.82 Å². The molecule has 1 saturated carbocycles. The molecule has 4 N–H and O–H groups in total. The lowest BCUT2D eigenvalue weighted by Gasteiger charge is -2.17. The van der Waals surface area contributed by atoms with Crippen LogP contribution < -0.4 is 10.5 Å². The van der Waals surface area contributed by atoms with Gasteiger partial charge in [0.2, 0.25) is 0 Å². The number of anilines is 1. The molecule has 2 fully saturated rings. The van der Waals surface area contributed by atoms with E-state index in [2.05, 4.69) is 30.9 Å². The molecule has 9 nitrogen and oxygen atoms in total. The van der Waals surface area contributed by atoms with Gasteiger partial charge in [-0.25, -0.2) is 4.98 Å². The topological polar surface area (TPSA) is 129 Å². The van der Waals surface area contributed by atoms with E-state index in [-0.39, 0.29) is 17.9 Å². The summed E-state index contributed by atoms with van der Waals surface area (Å²) in [6, 6.07) is 0.198. The Morgan fingerprint density at radius 2 is 2.04 bits per heavy atom. The van der Waals surface area contributed by atoms with Crippen molar-refractivity contribution in [3.63, 3.8) is 0 Å². The van der Waals surface area contributed by atoms with Crippen molar-refractivity contribution in [1.82, 2.24) is 19.5 Å². The molecule has 2 aromatic rings. The lowest BCUT2D eigenvalue weighted by Crippen LogP contribution is -2.32. The van der Waals surface area contributed by atoms with Crippen LogP contribution in [0.3, 0.4) is 0 Å². The zero-order chi connectivity index (χ0) is 17.6. The van der Waals surface area contributed by atoms with Crippen molar-refractivity contribution in [2.75, 3.05) is 11.1 Å². The maximum absolute atomic E-state index is 10.3. The van der Waals surface area contributed by atoms with E-state index in [4.69, 9.17) is 15.2 Å². The molecule has 3 heterocycles. The highest BCUT2D eigenvalue weighted by Crippen LogP contribution is 2.33. The quantitative estimate of drug-likeness (QED) is 0.625. The standard InChI is InChI=1S/C15H20BrN5O4/c16-5-8-10(22)11(23)14(25-8)21-6-18-9-12(17)19-15(20-13(9)21)24-7-3-1-2-4-7/h6-8,10-11,14,22-23H,1-5H2,(H2,17,19,20)/t8-,10-,11-,14-/m1/s1. The van der Waals surface area contributed by atoms with E-state index in [9.17, 15) is 10.2 Å². The van der Waals surface area contributed by atoms with Gasteiger partial charge < -0.3 is 25.4 Å². The molecule has 1 saturated heterocycles. The first-order valence-electron chi connectivity index (χ1n) is 8.32. The summed E-state index contributed by atoms with van der Waals surface area (Å²) in [5, 5.41) is 20.8. The molecule has 0 spiro atoms. The lowest BCUT2D eigenvalue weighted by molar-refractivity contribution is -0.0287. The second-order valence-electron chi connectivity index (χ2n) is 6.44. The van der Waals surface area contributed by atoms with E-state index in [1.165, 1.54) is 6.33 Å². The average molecular weight is 414 g/mol. The molecular formula is C15H20BrN5O4. The Balaban J connectivity index is 1.68. The van der Waals surface area contributed by atoms with Gasteiger partial charge in [0.25, 0.3) is 0 Å². The lowest BCUT2D eigenvalue weighted by atomic mass is 10.1. The highest BCUT2D eigenvalue weighted by molar-refractivity contribution is 9.09. The number of halogens is 1. The molecule has 0 aromatic carbocycles. The van der Waals surface area contributed by atoms with E-state index in [0.717, 1.165) is 25.7 Å². The SMILES string of the molecule is Nc1nc(OC2CCCC2)nc2c1ncn2[C@@H]1O[C@H](CBr)[C@@H](O)[C@H]1O. The highest BCUT2D eigenvalue weighted by Gasteiger charge is 2.43. The monoisotopic (exact) mass is 413 g/mol. The second-order valence-corrected chi connectivity index (χ2v) is 7.09. The zero-order valence-electron chi connectivity index (χ0n) is 13.5. The summed E-state index contributed by atoms with van der Waals surface area (Å²) >= 11 is 3.27. The number of hydrogen-bond donors (Lipinski definition) is 3. The normalized spacial score (nSPS) is 30.4. The van der Waals surface area contributed by atoms with E-state index in [1.807, 2.05) is 0 Å². The molecule has 136 valence electrons. The Morgan fingerprint density at radius 1 is 1.28 bits per heavy atom. The van der Waals surface area contributed by atoms with Crippen LogP contribution in [-0.2, 0) is 4.74 Å². The minimum absolute atomic E-state index is 0.0983. The Hall–Kier alpha value is -1.49. The highest BCUT2D eigenvalue weighted by atomic mass is 79.9. The van der Waals surface area contributed by atoms with Crippen LogP contribution in [-0.4, -0.2) is 59.5 Å². The Bertz CT molecular complexity index is 766. The first kappa shape index (κ1) is 17.0. The molecule has 1 aliphatic carbocycles. The van der Waals surface area contributed by atoms with Crippen molar-refractivity contribution in [2.45, 2.75) is 56.3 Å². The van der Waals surface area contributed by atoms with Gasteiger partial charge in [0.1, 0.15) is 18.3 Å². The molecule has 2 aromatic heterocycles. The van der Waals surface area contributed by atoms with Crippen molar-refractivity contribution in [3.05, 3.63) is 6.33 Å². The van der Waals surface area contributed by atoms with Crippen molar-refractivity contribution in [3.8, 4) is 6.01 Å². The summed E-state index contributed by atoms with van der Waals surface area (Å²) in [4.78, 5) is 12.8. The summed E-state index contributed by atoms with van der Waals surface area (Å²) in [6.45, 7) is 0. The number of fused-ring (bicyclic) bond motifs is 1. The van der Waals surface area contributed by atoms with Crippen LogP contribution in [0.5, 0.6) is 6.01 Å². The summed E-state index contributed by atoms with van der Waals surface area (Å²) in [7, 11) is 0. The van der Waals surface area contributed by atoms with Gasteiger partial charge in [-0.2, -0.15) is 9.97 Å². The number of nitrogens with zero attached hydrogens (tertiary/aromatic N) is 4. The number of nitrogen functional groups attached to an aromatic ring is 1. The third-order valence-electron chi connectivity index (χ3n) is 4.77.